The number of hydrogen-bond donors (Lipinski definition) is 0. The molecule has 3 rings (SSSR count). The van der Waals surface area contributed by atoms with Crippen LogP contribution in [0.25, 0.3) is 0 Å². The van der Waals surface area contributed by atoms with Crippen LogP contribution in [-0.4, -0.2) is 41.4 Å². The van der Waals surface area contributed by atoms with Gasteiger partial charge >= 0.3 is 0 Å². The highest BCUT2D eigenvalue weighted by Gasteiger charge is 2.35. The smallest absolute Gasteiger partial charge is 0.237 e. The van der Waals surface area contributed by atoms with Crippen LogP contribution in [0.15, 0.2) is 36.9 Å². The van der Waals surface area contributed by atoms with Crippen molar-refractivity contribution in [1.29, 1.82) is 0 Å². The molecule has 0 radical (unpaired) electrons. The highest BCUT2D eigenvalue weighted by molar-refractivity contribution is 5.78. The van der Waals surface area contributed by atoms with Crippen molar-refractivity contribution in [3.8, 4) is 0 Å². The molecule has 2 fully saturated rings. The maximum atomic E-state index is 14.0. The van der Waals surface area contributed by atoms with Crippen LogP contribution in [0, 0.1) is 11.7 Å². The second-order valence-corrected chi connectivity index (χ2v) is 7.39. The van der Waals surface area contributed by atoms with E-state index in [1.165, 1.54) is 31.7 Å². The lowest BCUT2D eigenvalue weighted by Gasteiger charge is -2.44. The average Bonchev–Trinajstić information content (AvgIpc) is 2.63. The Balaban J connectivity index is 1.65. The predicted molar refractivity (Wildman–Crippen MR) is 98.6 cm³/mol. The summed E-state index contributed by atoms with van der Waals surface area (Å²) in [7, 11) is 0. The Labute approximate surface area is 150 Å². The molecule has 2 atom stereocenters. The summed E-state index contributed by atoms with van der Waals surface area (Å²) in [6.45, 7) is 6.03. The molecule has 1 saturated carbocycles. The van der Waals surface area contributed by atoms with Gasteiger partial charge < -0.3 is 4.90 Å². The van der Waals surface area contributed by atoms with Gasteiger partial charge in [0.15, 0.2) is 0 Å². The number of piperidine rings is 1. The fourth-order valence-corrected chi connectivity index (χ4v) is 4.45. The lowest BCUT2D eigenvalue weighted by molar-refractivity contribution is -0.138. The van der Waals surface area contributed by atoms with E-state index in [9.17, 15) is 9.18 Å². The first-order valence-electron chi connectivity index (χ1n) is 9.55. The van der Waals surface area contributed by atoms with Gasteiger partial charge in [0.05, 0.1) is 6.54 Å². The number of carbonyl (C=O) groups is 1. The average molecular weight is 344 g/mol. The standard InChI is InChI=1S/C21H29FN2O/c1-2-13-23(15-18-9-3-5-11-19(18)22)16-21(25)24-14-7-10-17-8-4-6-12-20(17)24/h2-3,5,9,11,17,20H,1,4,6-8,10,12-16H2. The summed E-state index contributed by atoms with van der Waals surface area (Å²) in [6, 6.07) is 7.21. The van der Waals surface area contributed by atoms with Crippen LogP contribution in [0.2, 0.25) is 0 Å². The molecule has 1 amide bonds. The highest BCUT2D eigenvalue weighted by Crippen LogP contribution is 2.35. The molecule has 1 aromatic rings. The highest BCUT2D eigenvalue weighted by atomic mass is 19.1. The van der Waals surface area contributed by atoms with E-state index in [1.54, 1.807) is 18.2 Å². The minimum Gasteiger partial charge on any atom is -0.338 e. The molecule has 1 saturated heterocycles. The Morgan fingerprint density at radius 3 is 2.80 bits per heavy atom. The minimum atomic E-state index is -0.214. The minimum absolute atomic E-state index is 0.190. The lowest BCUT2D eigenvalue weighted by atomic mass is 9.78. The molecular formula is C21H29FN2O. The van der Waals surface area contributed by atoms with Crippen LogP contribution in [0.5, 0.6) is 0 Å². The van der Waals surface area contributed by atoms with E-state index < -0.39 is 0 Å². The molecule has 1 aliphatic heterocycles. The van der Waals surface area contributed by atoms with Gasteiger partial charge in [0.1, 0.15) is 5.82 Å². The number of hydrogen-bond acceptors (Lipinski definition) is 2. The molecule has 136 valence electrons. The van der Waals surface area contributed by atoms with Gasteiger partial charge in [-0.25, -0.2) is 4.39 Å². The maximum absolute atomic E-state index is 14.0. The van der Waals surface area contributed by atoms with E-state index in [1.807, 2.05) is 11.0 Å². The van der Waals surface area contributed by atoms with E-state index in [0.29, 0.717) is 37.2 Å². The Morgan fingerprint density at radius 1 is 1.24 bits per heavy atom. The molecular weight excluding hydrogens is 315 g/mol. The molecule has 1 aliphatic carbocycles. The van der Waals surface area contributed by atoms with E-state index >= 15 is 0 Å². The van der Waals surface area contributed by atoms with Crippen LogP contribution in [0.1, 0.15) is 44.1 Å². The molecule has 1 heterocycles. The molecule has 2 aliphatic rings. The summed E-state index contributed by atoms with van der Waals surface area (Å²) in [6.07, 6.45) is 9.11. The van der Waals surface area contributed by atoms with Gasteiger partial charge in [0, 0.05) is 31.2 Å². The van der Waals surface area contributed by atoms with Gasteiger partial charge in [-0.2, -0.15) is 0 Å². The molecule has 25 heavy (non-hydrogen) atoms. The zero-order valence-electron chi connectivity index (χ0n) is 15.0. The second-order valence-electron chi connectivity index (χ2n) is 7.39. The third-order valence-corrected chi connectivity index (χ3v) is 5.66. The molecule has 0 spiro atoms. The molecule has 0 bridgehead atoms. The number of fused-ring (bicyclic) bond motifs is 1. The maximum Gasteiger partial charge on any atom is 0.237 e. The lowest BCUT2D eigenvalue weighted by Crippen LogP contribution is -2.52. The summed E-state index contributed by atoms with van der Waals surface area (Å²) in [4.78, 5) is 17.1. The van der Waals surface area contributed by atoms with E-state index in [4.69, 9.17) is 0 Å². The predicted octanol–water partition coefficient (Wildman–Crippen LogP) is 3.99. The molecule has 3 nitrogen and oxygen atoms in total. The van der Waals surface area contributed by atoms with E-state index in [0.717, 1.165) is 19.4 Å². The van der Waals surface area contributed by atoms with Gasteiger partial charge in [-0.3, -0.25) is 9.69 Å². The van der Waals surface area contributed by atoms with Crippen molar-refractivity contribution < 1.29 is 9.18 Å². The Hall–Kier alpha value is -1.68. The zero-order valence-corrected chi connectivity index (χ0v) is 15.0. The topological polar surface area (TPSA) is 23.6 Å². The van der Waals surface area contributed by atoms with Crippen LogP contribution in [0.3, 0.4) is 0 Å². The second kappa shape index (κ2) is 8.61. The molecule has 2 unspecified atom stereocenters. The van der Waals surface area contributed by atoms with Crippen molar-refractivity contribution in [1.82, 2.24) is 9.80 Å². The summed E-state index contributed by atoms with van der Waals surface area (Å²) >= 11 is 0. The number of rotatable bonds is 6. The molecule has 1 aromatic carbocycles. The first-order chi connectivity index (χ1) is 12.2. The molecule has 4 heteroatoms. The van der Waals surface area contributed by atoms with Gasteiger partial charge in [0.25, 0.3) is 0 Å². The zero-order chi connectivity index (χ0) is 17.6. The van der Waals surface area contributed by atoms with Crippen LogP contribution >= 0.6 is 0 Å². The van der Waals surface area contributed by atoms with Crippen molar-refractivity contribution in [3.63, 3.8) is 0 Å². The van der Waals surface area contributed by atoms with Crippen LogP contribution in [-0.2, 0) is 11.3 Å². The van der Waals surface area contributed by atoms with Gasteiger partial charge in [-0.05, 0) is 37.7 Å². The van der Waals surface area contributed by atoms with Gasteiger partial charge in [-0.15, -0.1) is 6.58 Å². The largest absolute Gasteiger partial charge is 0.338 e. The first-order valence-corrected chi connectivity index (χ1v) is 9.55. The summed E-state index contributed by atoms with van der Waals surface area (Å²) in [5.41, 5.74) is 0.631. The quantitative estimate of drug-likeness (QED) is 0.729. The summed E-state index contributed by atoms with van der Waals surface area (Å²) < 4.78 is 14.0. The first kappa shape index (κ1) is 18.1. The van der Waals surface area contributed by atoms with Crippen molar-refractivity contribution in [2.45, 2.75) is 51.1 Å². The Morgan fingerprint density at radius 2 is 2.00 bits per heavy atom. The number of carbonyl (C=O) groups excluding carboxylic acids is 1. The number of amides is 1. The molecule has 0 N–H and O–H groups in total. The number of benzene rings is 1. The molecule has 0 aromatic heterocycles. The Bertz CT molecular complexity index is 601. The number of nitrogens with zero attached hydrogens (tertiary/aromatic N) is 2. The monoisotopic (exact) mass is 344 g/mol. The number of halogens is 1. The third-order valence-electron chi connectivity index (χ3n) is 5.66. The van der Waals surface area contributed by atoms with Crippen molar-refractivity contribution in [2.75, 3.05) is 19.6 Å². The summed E-state index contributed by atoms with van der Waals surface area (Å²) in [5, 5.41) is 0. The van der Waals surface area contributed by atoms with Crippen molar-refractivity contribution in [3.05, 3.63) is 48.3 Å². The Kier molecular flexibility index (Phi) is 6.24. The fraction of sp³-hybridized carbons (Fsp3) is 0.571. The van der Waals surface area contributed by atoms with Crippen LogP contribution < -0.4 is 0 Å². The van der Waals surface area contributed by atoms with E-state index in [-0.39, 0.29) is 11.7 Å². The third kappa shape index (κ3) is 4.49. The van der Waals surface area contributed by atoms with Crippen LogP contribution in [0.4, 0.5) is 4.39 Å². The fourth-order valence-electron chi connectivity index (χ4n) is 4.45. The van der Waals surface area contributed by atoms with Gasteiger partial charge in [0.2, 0.25) is 5.91 Å². The van der Waals surface area contributed by atoms with E-state index in [2.05, 4.69) is 11.5 Å². The SMILES string of the molecule is C=CCN(CC(=O)N1CCCC2CCCCC21)Cc1ccccc1F. The summed E-state index contributed by atoms with van der Waals surface area (Å²) in [5.74, 6) is 0.662. The normalized spacial score (nSPS) is 23.4. The van der Waals surface area contributed by atoms with Crippen molar-refractivity contribution in [2.24, 2.45) is 5.92 Å². The number of likely N-dealkylation sites (tertiary alicyclic amines) is 1. The van der Waals surface area contributed by atoms with Gasteiger partial charge in [-0.1, -0.05) is 37.1 Å². The van der Waals surface area contributed by atoms with Crippen molar-refractivity contribution >= 4 is 5.91 Å².